The molecule has 3 rings (SSSR count). The quantitative estimate of drug-likeness (QED) is 0.244. The van der Waals surface area contributed by atoms with Crippen LogP contribution in [0.25, 0.3) is 0 Å². The molecule has 0 saturated heterocycles. The minimum Gasteiger partial charge on any atom is -0.497 e. The number of hydrogen-bond acceptors (Lipinski definition) is 8. The maximum atomic E-state index is 14.4. The van der Waals surface area contributed by atoms with Gasteiger partial charge in [0.1, 0.15) is 24.1 Å². The van der Waals surface area contributed by atoms with Crippen LogP contribution in [-0.4, -0.2) is 72.2 Å². The SMILES string of the molecule is CC[C@@H](C)NC(=O)[C@@H](C)N(Cc1ccc(Cl)cc1)C(=O)CN(c1cc(OC)ccc1OC)S(=O)(=O)c1ccc(OC)c(OC)c1. The van der Waals surface area contributed by atoms with Crippen LogP contribution in [0.2, 0.25) is 5.02 Å². The summed E-state index contributed by atoms with van der Waals surface area (Å²) < 4.78 is 51.2. The van der Waals surface area contributed by atoms with Gasteiger partial charge in [0.2, 0.25) is 11.8 Å². The summed E-state index contributed by atoms with van der Waals surface area (Å²) in [4.78, 5) is 28.7. The van der Waals surface area contributed by atoms with E-state index in [2.05, 4.69) is 5.32 Å². The highest BCUT2D eigenvalue weighted by Gasteiger charge is 2.35. The number of nitrogens with one attached hydrogen (secondary N) is 1. The van der Waals surface area contributed by atoms with Gasteiger partial charge in [0.05, 0.1) is 39.0 Å². The van der Waals surface area contributed by atoms with Crippen molar-refractivity contribution in [3.05, 3.63) is 71.2 Å². The summed E-state index contributed by atoms with van der Waals surface area (Å²) in [6, 6.07) is 14.5. The predicted octanol–water partition coefficient (Wildman–Crippen LogP) is 4.90. The fraction of sp³-hybridized carbons (Fsp3) is 0.375. The van der Waals surface area contributed by atoms with Crippen molar-refractivity contribution in [2.75, 3.05) is 39.3 Å². The van der Waals surface area contributed by atoms with Gasteiger partial charge in [-0.2, -0.15) is 0 Å². The number of ether oxygens (including phenoxy) is 4. The highest BCUT2D eigenvalue weighted by atomic mass is 35.5. The summed E-state index contributed by atoms with van der Waals surface area (Å²) in [6.07, 6.45) is 0.691. The van der Waals surface area contributed by atoms with Gasteiger partial charge in [0.25, 0.3) is 10.0 Å². The Hall–Kier alpha value is -4.16. The first-order valence-electron chi connectivity index (χ1n) is 14.2. The molecule has 2 atom stereocenters. The zero-order valence-electron chi connectivity index (χ0n) is 26.5. The van der Waals surface area contributed by atoms with Crippen molar-refractivity contribution in [2.45, 2.75) is 50.7 Å². The van der Waals surface area contributed by atoms with Crippen LogP contribution in [0.4, 0.5) is 5.69 Å². The first kappa shape index (κ1) is 35.3. The van der Waals surface area contributed by atoms with E-state index >= 15 is 0 Å². The molecule has 3 aromatic carbocycles. The third-order valence-corrected chi connectivity index (χ3v) is 9.32. The van der Waals surface area contributed by atoms with E-state index in [1.165, 1.54) is 57.6 Å². The summed E-state index contributed by atoms with van der Waals surface area (Å²) in [5.74, 6) is 0.0191. The molecule has 2 amide bonds. The fourth-order valence-corrected chi connectivity index (χ4v) is 6.00. The average molecular weight is 662 g/mol. The summed E-state index contributed by atoms with van der Waals surface area (Å²) >= 11 is 6.08. The number of nitrogens with zero attached hydrogens (tertiary/aromatic N) is 2. The molecule has 1 N–H and O–H groups in total. The highest BCUT2D eigenvalue weighted by molar-refractivity contribution is 7.92. The number of halogens is 1. The van der Waals surface area contributed by atoms with E-state index in [0.717, 1.165) is 4.31 Å². The standard InChI is InChI=1S/C32H40ClN3O8S/c1-8-21(2)34-32(38)22(3)35(19-23-9-11-24(33)12-10-23)31(37)20-36(27-17-25(41-4)13-15-28(27)42-5)45(39,40)26-14-16-29(43-6)30(18-26)44-7/h9-18,21-22H,8,19-20H2,1-7H3,(H,34,38)/t21-,22-/m1/s1. The van der Waals surface area contributed by atoms with Crippen LogP contribution in [0.3, 0.4) is 0 Å². The minimum atomic E-state index is -4.45. The van der Waals surface area contributed by atoms with Crippen LogP contribution in [0.1, 0.15) is 32.8 Å². The molecule has 0 bridgehead atoms. The van der Waals surface area contributed by atoms with E-state index in [9.17, 15) is 18.0 Å². The van der Waals surface area contributed by atoms with E-state index in [1.54, 1.807) is 43.3 Å². The van der Waals surface area contributed by atoms with Gasteiger partial charge in [-0.25, -0.2) is 8.42 Å². The molecule has 0 aliphatic heterocycles. The van der Waals surface area contributed by atoms with E-state index in [-0.39, 0.29) is 40.6 Å². The number of carbonyl (C=O) groups is 2. The van der Waals surface area contributed by atoms with Crippen molar-refractivity contribution in [3.8, 4) is 23.0 Å². The Morgan fingerprint density at radius 2 is 1.47 bits per heavy atom. The Morgan fingerprint density at radius 3 is 2.04 bits per heavy atom. The van der Waals surface area contributed by atoms with Crippen molar-refractivity contribution < 1.29 is 37.0 Å². The van der Waals surface area contributed by atoms with Gasteiger partial charge < -0.3 is 29.2 Å². The molecule has 0 spiro atoms. The molecule has 45 heavy (non-hydrogen) atoms. The summed E-state index contributed by atoms with van der Waals surface area (Å²) in [6.45, 7) is 4.75. The Balaban J connectivity index is 2.16. The molecule has 244 valence electrons. The summed E-state index contributed by atoms with van der Waals surface area (Å²) in [5.41, 5.74) is 0.757. The highest BCUT2D eigenvalue weighted by Crippen LogP contribution is 2.37. The molecule has 0 aromatic heterocycles. The lowest BCUT2D eigenvalue weighted by Gasteiger charge is -2.33. The molecule has 0 heterocycles. The number of rotatable bonds is 15. The van der Waals surface area contributed by atoms with E-state index in [1.807, 2.05) is 13.8 Å². The molecule has 11 nitrogen and oxygen atoms in total. The van der Waals surface area contributed by atoms with Gasteiger partial charge in [0.15, 0.2) is 11.5 Å². The third-order valence-electron chi connectivity index (χ3n) is 7.31. The van der Waals surface area contributed by atoms with Gasteiger partial charge >= 0.3 is 0 Å². The lowest BCUT2D eigenvalue weighted by Crippen LogP contribution is -2.52. The molecule has 0 aliphatic rings. The van der Waals surface area contributed by atoms with Crippen LogP contribution >= 0.6 is 11.6 Å². The lowest BCUT2D eigenvalue weighted by atomic mass is 10.1. The van der Waals surface area contributed by atoms with Crippen LogP contribution < -0.4 is 28.6 Å². The number of methoxy groups -OCH3 is 4. The molecule has 0 saturated carbocycles. The smallest absolute Gasteiger partial charge is 0.265 e. The number of anilines is 1. The number of hydrogen-bond donors (Lipinski definition) is 1. The van der Waals surface area contributed by atoms with Crippen LogP contribution in [0, 0.1) is 0 Å². The largest absolute Gasteiger partial charge is 0.497 e. The second kappa shape index (κ2) is 15.7. The molecule has 0 unspecified atom stereocenters. The van der Waals surface area contributed by atoms with Gasteiger partial charge in [-0.05, 0) is 62.2 Å². The number of amides is 2. The molecule has 13 heteroatoms. The zero-order valence-corrected chi connectivity index (χ0v) is 28.1. The monoisotopic (exact) mass is 661 g/mol. The Morgan fingerprint density at radius 1 is 0.844 bits per heavy atom. The maximum absolute atomic E-state index is 14.4. The number of benzene rings is 3. The normalized spacial score (nSPS) is 12.4. The van der Waals surface area contributed by atoms with Crippen molar-refractivity contribution in [2.24, 2.45) is 0 Å². The van der Waals surface area contributed by atoms with E-state index in [0.29, 0.717) is 28.5 Å². The molecule has 0 fully saturated rings. The van der Waals surface area contributed by atoms with Gasteiger partial charge in [0, 0.05) is 29.7 Å². The topological polar surface area (TPSA) is 124 Å². The van der Waals surface area contributed by atoms with Crippen molar-refractivity contribution >= 4 is 39.1 Å². The van der Waals surface area contributed by atoms with E-state index < -0.39 is 28.5 Å². The zero-order chi connectivity index (χ0) is 33.3. The minimum absolute atomic E-state index is 0.0184. The third kappa shape index (κ3) is 8.52. The molecular weight excluding hydrogens is 622 g/mol. The number of carbonyl (C=O) groups excluding carboxylic acids is 2. The Kier molecular flexibility index (Phi) is 12.3. The fourth-order valence-electron chi connectivity index (χ4n) is 4.44. The van der Waals surface area contributed by atoms with Gasteiger partial charge in [-0.15, -0.1) is 0 Å². The van der Waals surface area contributed by atoms with Gasteiger partial charge in [-0.3, -0.25) is 13.9 Å². The Labute approximate surface area is 270 Å². The molecule has 0 radical (unpaired) electrons. The maximum Gasteiger partial charge on any atom is 0.265 e. The Bertz CT molecular complexity index is 1580. The van der Waals surface area contributed by atoms with Crippen molar-refractivity contribution in [1.82, 2.24) is 10.2 Å². The first-order valence-corrected chi connectivity index (χ1v) is 16.0. The van der Waals surface area contributed by atoms with Crippen LogP contribution in [0.5, 0.6) is 23.0 Å². The van der Waals surface area contributed by atoms with Crippen molar-refractivity contribution in [1.29, 1.82) is 0 Å². The van der Waals surface area contributed by atoms with Gasteiger partial charge in [-0.1, -0.05) is 30.7 Å². The average Bonchev–Trinajstić information content (AvgIpc) is 3.05. The predicted molar refractivity (Wildman–Crippen MR) is 173 cm³/mol. The summed E-state index contributed by atoms with van der Waals surface area (Å²) in [7, 11) is 1.21. The van der Waals surface area contributed by atoms with Crippen LogP contribution in [0.15, 0.2) is 65.6 Å². The molecule has 0 aliphatic carbocycles. The lowest BCUT2D eigenvalue weighted by molar-refractivity contribution is -0.139. The molecular formula is C32H40ClN3O8S. The second-order valence-electron chi connectivity index (χ2n) is 10.2. The number of sulfonamides is 1. The second-order valence-corrected chi connectivity index (χ2v) is 12.5. The first-order chi connectivity index (χ1) is 21.4. The molecule has 3 aromatic rings. The van der Waals surface area contributed by atoms with E-state index in [4.69, 9.17) is 30.5 Å². The van der Waals surface area contributed by atoms with Crippen molar-refractivity contribution in [3.63, 3.8) is 0 Å². The van der Waals surface area contributed by atoms with Crippen LogP contribution in [-0.2, 0) is 26.2 Å². The summed E-state index contributed by atoms with van der Waals surface area (Å²) in [5, 5.41) is 3.42.